The first kappa shape index (κ1) is 5.66. The summed E-state index contributed by atoms with van der Waals surface area (Å²) in [5.74, 6) is 0.669. The molecule has 1 saturated heterocycles. The van der Waals surface area contributed by atoms with Crippen LogP contribution in [0.2, 0.25) is 0 Å². The minimum atomic E-state index is -0.106. The van der Waals surface area contributed by atoms with Gasteiger partial charge in [0.25, 0.3) is 0 Å². The molecule has 0 amide bonds. The second kappa shape index (κ2) is 1.69. The van der Waals surface area contributed by atoms with Crippen molar-refractivity contribution in [2.45, 2.75) is 12.8 Å². The molecular weight excluding hydrogens is 117 g/mol. The van der Waals surface area contributed by atoms with Crippen LogP contribution in [-0.2, 0) is 0 Å². The SMILES string of the molecule is FCC12CCC1CNC2. The molecule has 1 N–H and O–H groups in total. The summed E-state index contributed by atoms with van der Waals surface area (Å²) in [6.45, 7) is 1.88. The lowest BCUT2D eigenvalue weighted by Crippen LogP contribution is -2.41. The molecule has 1 saturated carbocycles. The van der Waals surface area contributed by atoms with Crippen molar-refractivity contribution in [2.24, 2.45) is 11.3 Å². The van der Waals surface area contributed by atoms with E-state index < -0.39 is 0 Å². The van der Waals surface area contributed by atoms with Crippen LogP contribution >= 0.6 is 0 Å². The summed E-state index contributed by atoms with van der Waals surface area (Å²) < 4.78 is 12.3. The summed E-state index contributed by atoms with van der Waals surface area (Å²) in [4.78, 5) is 0. The van der Waals surface area contributed by atoms with Gasteiger partial charge in [0.05, 0.1) is 6.67 Å². The highest BCUT2D eigenvalue weighted by molar-refractivity contribution is 5.02. The van der Waals surface area contributed by atoms with E-state index in [0.29, 0.717) is 5.92 Å². The van der Waals surface area contributed by atoms with Crippen molar-refractivity contribution in [1.29, 1.82) is 0 Å². The first-order chi connectivity index (χ1) is 4.37. The first-order valence-electron chi connectivity index (χ1n) is 3.64. The highest BCUT2D eigenvalue weighted by Gasteiger charge is 2.49. The normalized spacial score (nSPS) is 48.3. The van der Waals surface area contributed by atoms with E-state index in [0.717, 1.165) is 19.5 Å². The van der Waals surface area contributed by atoms with Crippen molar-refractivity contribution in [3.05, 3.63) is 0 Å². The Balaban J connectivity index is 2.10. The second-order valence-corrected chi connectivity index (χ2v) is 3.36. The third kappa shape index (κ3) is 0.571. The van der Waals surface area contributed by atoms with E-state index in [2.05, 4.69) is 5.32 Å². The third-order valence-electron chi connectivity index (χ3n) is 2.99. The molecule has 0 aromatic heterocycles. The van der Waals surface area contributed by atoms with Gasteiger partial charge in [-0.25, -0.2) is 0 Å². The number of alkyl halides is 1. The molecule has 2 fully saturated rings. The van der Waals surface area contributed by atoms with E-state index in [1.165, 1.54) is 6.42 Å². The van der Waals surface area contributed by atoms with Crippen molar-refractivity contribution in [1.82, 2.24) is 5.32 Å². The number of fused-ring (bicyclic) bond motifs is 1. The summed E-state index contributed by atoms with van der Waals surface area (Å²) in [6.07, 6.45) is 2.36. The first-order valence-corrected chi connectivity index (χ1v) is 3.64. The minimum Gasteiger partial charge on any atom is -0.316 e. The number of rotatable bonds is 1. The van der Waals surface area contributed by atoms with Gasteiger partial charge < -0.3 is 5.32 Å². The number of halogens is 1. The topological polar surface area (TPSA) is 12.0 Å². The molecule has 9 heavy (non-hydrogen) atoms. The second-order valence-electron chi connectivity index (χ2n) is 3.36. The van der Waals surface area contributed by atoms with Gasteiger partial charge in [0, 0.05) is 12.0 Å². The van der Waals surface area contributed by atoms with Gasteiger partial charge in [-0.1, -0.05) is 0 Å². The molecule has 1 aliphatic carbocycles. The molecule has 2 rings (SSSR count). The van der Waals surface area contributed by atoms with E-state index in [9.17, 15) is 4.39 Å². The molecule has 0 aromatic carbocycles. The van der Waals surface area contributed by atoms with E-state index in [4.69, 9.17) is 0 Å². The number of nitrogens with one attached hydrogen (secondary N) is 1. The average Bonchev–Trinajstić information content (AvgIpc) is 2.10. The van der Waals surface area contributed by atoms with Crippen LogP contribution in [0.4, 0.5) is 4.39 Å². The summed E-state index contributed by atoms with van der Waals surface area (Å²) in [7, 11) is 0. The monoisotopic (exact) mass is 129 g/mol. The molecule has 0 bridgehead atoms. The molecule has 1 nitrogen and oxygen atoms in total. The molecule has 0 spiro atoms. The van der Waals surface area contributed by atoms with E-state index in [1.54, 1.807) is 0 Å². The predicted molar refractivity (Wildman–Crippen MR) is 34.0 cm³/mol. The summed E-state index contributed by atoms with van der Waals surface area (Å²) in [5.41, 5.74) is 0.0972. The van der Waals surface area contributed by atoms with Crippen LogP contribution in [0, 0.1) is 11.3 Å². The Morgan fingerprint density at radius 3 is 2.89 bits per heavy atom. The molecule has 1 aliphatic heterocycles. The lowest BCUT2D eigenvalue weighted by molar-refractivity contribution is 0.0534. The van der Waals surface area contributed by atoms with Crippen LogP contribution in [0.25, 0.3) is 0 Å². The van der Waals surface area contributed by atoms with Crippen molar-refractivity contribution >= 4 is 0 Å². The molecule has 2 atom stereocenters. The molecule has 2 unspecified atom stereocenters. The lowest BCUT2D eigenvalue weighted by atomic mass is 9.63. The largest absolute Gasteiger partial charge is 0.316 e. The van der Waals surface area contributed by atoms with Gasteiger partial charge in [-0.2, -0.15) is 0 Å². The summed E-state index contributed by atoms with van der Waals surface area (Å²) in [6, 6.07) is 0. The lowest BCUT2D eigenvalue weighted by Gasteiger charge is -2.41. The number of hydrogen-bond acceptors (Lipinski definition) is 1. The molecular formula is C7H12FN. The van der Waals surface area contributed by atoms with Crippen LogP contribution in [0.5, 0.6) is 0 Å². The number of hydrogen-bond donors (Lipinski definition) is 1. The van der Waals surface area contributed by atoms with Gasteiger partial charge >= 0.3 is 0 Å². The van der Waals surface area contributed by atoms with Crippen molar-refractivity contribution in [2.75, 3.05) is 19.8 Å². The minimum absolute atomic E-state index is 0.0972. The van der Waals surface area contributed by atoms with Gasteiger partial charge in [-0.15, -0.1) is 0 Å². The van der Waals surface area contributed by atoms with Crippen molar-refractivity contribution in [3.63, 3.8) is 0 Å². The van der Waals surface area contributed by atoms with E-state index >= 15 is 0 Å². The Labute approximate surface area is 54.6 Å². The van der Waals surface area contributed by atoms with Crippen LogP contribution in [-0.4, -0.2) is 19.8 Å². The Morgan fingerprint density at radius 2 is 2.56 bits per heavy atom. The fourth-order valence-electron chi connectivity index (χ4n) is 2.03. The quantitative estimate of drug-likeness (QED) is 0.556. The Kier molecular flexibility index (Phi) is 1.06. The zero-order chi connectivity index (χ0) is 6.32. The fraction of sp³-hybridized carbons (Fsp3) is 1.00. The van der Waals surface area contributed by atoms with Gasteiger partial charge in [-0.05, 0) is 25.3 Å². The van der Waals surface area contributed by atoms with Gasteiger partial charge in [0.2, 0.25) is 0 Å². The molecule has 2 aliphatic rings. The van der Waals surface area contributed by atoms with E-state index in [-0.39, 0.29) is 12.1 Å². The highest BCUT2D eigenvalue weighted by Crippen LogP contribution is 2.49. The Bertz CT molecular complexity index is 122. The van der Waals surface area contributed by atoms with E-state index in [1.807, 2.05) is 0 Å². The van der Waals surface area contributed by atoms with Crippen LogP contribution in [0.15, 0.2) is 0 Å². The van der Waals surface area contributed by atoms with Crippen LogP contribution in [0.1, 0.15) is 12.8 Å². The average molecular weight is 129 g/mol. The Hall–Kier alpha value is -0.110. The zero-order valence-corrected chi connectivity index (χ0v) is 5.49. The molecule has 0 radical (unpaired) electrons. The fourth-order valence-corrected chi connectivity index (χ4v) is 2.03. The van der Waals surface area contributed by atoms with Crippen LogP contribution < -0.4 is 5.32 Å². The van der Waals surface area contributed by atoms with Gasteiger partial charge in [0.15, 0.2) is 0 Å². The molecule has 1 heterocycles. The maximum atomic E-state index is 12.3. The molecule has 2 heteroatoms. The molecule has 52 valence electrons. The standard InChI is InChI=1S/C7H12FN/c8-4-7-2-1-6(7)3-9-5-7/h6,9H,1-5H2. The third-order valence-corrected chi connectivity index (χ3v) is 2.99. The maximum absolute atomic E-state index is 12.3. The smallest absolute Gasteiger partial charge is 0.0965 e. The van der Waals surface area contributed by atoms with Crippen molar-refractivity contribution in [3.8, 4) is 0 Å². The zero-order valence-electron chi connectivity index (χ0n) is 5.49. The Morgan fingerprint density at radius 1 is 1.67 bits per heavy atom. The van der Waals surface area contributed by atoms with Gasteiger partial charge in [-0.3, -0.25) is 4.39 Å². The summed E-state index contributed by atoms with van der Waals surface area (Å²) >= 11 is 0. The highest BCUT2D eigenvalue weighted by atomic mass is 19.1. The predicted octanol–water partition coefficient (Wildman–Crippen LogP) is 0.956. The van der Waals surface area contributed by atoms with Crippen molar-refractivity contribution < 1.29 is 4.39 Å². The van der Waals surface area contributed by atoms with Crippen LogP contribution in [0.3, 0.4) is 0 Å². The summed E-state index contributed by atoms with van der Waals surface area (Å²) in [5, 5.41) is 3.24. The maximum Gasteiger partial charge on any atom is 0.0965 e. The van der Waals surface area contributed by atoms with Gasteiger partial charge in [0.1, 0.15) is 0 Å². The molecule has 0 aromatic rings.